The van der Waals surface area contributed by atoms with Gasteiger partial charge in [-0.1, -0.05) is 36.4 Å². The van der Waals surface area contributed by atoms with Crippen LogP contribution in [0.2, 0.25) is 0 Å². The third kappa shape index (κ3) is 2.82. The van der Waals surface area contributed by atoms with Gasteiger partial charge in [0.1, 0.15) is 0 Å². The second kappa shape index (κ2) is 6.73. The van der Waals surface area contributed by atoms with E-state index in [2.05, 4.69) is 21.2 Å². The van der Waals surface area contributed by atoms with Crippen LogP contribution in [0.25, 0.3) is 21.8 Å². The number of hydrogen-bond acceptors (Lipinski definition) is 4. The Balaban J connectivity index is 1.38. The Morgan fingerprint density at radius 2 is 1.86 bits per heavy atom. The number of aliphatic hydroxyl groups excluding tert-OH is 1. The fourth-order valence-corrected chi connectivity index (χ4v) is 4.11. The molecule has 2 aromatic carbocycles. The van der Waals surface area contributed by atoms with Gasteiger partial charge in [-0.3, -0.25) is 14.9 Å². The fourth-order valence-electron chi connectivity index (χ4n) is 4.11. The number of fused-ring (bicyclic) bond motifs is 2. The molecule has 28 heavy (non-hydrogen) atoms. The maximum Gasteiger partial charge on any atom is 0.275 e. The molecule has 1 aliphatic rings. The van der Waals surface area contributed by atoms with Crippen molar-refractivity contribution in [1.29, 1.82) is 0 Å². The predicted octanol–water partition coefficient (Wildman–Crippen LogP) is 2.79. The molecule has 6 nitrogen and oxygen atoms in total. The van der Waals surface area contributed by atoms with Crippen LogP contribution in [0, 0.1) is 5.92 Å². The smallest absolute Gasteiger partial charge is 0.275 e. The van der Waals surface area contributed by atoms with Gasteiger partial charge in [0.15, 0.2) is 5.69 Å². The maximum atomic E-state index is 13.0. The van der Waals surface area contributed by atoms with Crippen molar-refractivity contribution >= 4 is 27.7 Å². The van der Waals surface area contributed by atoms with E-state index >= 15 is 0 Å². The Labute approximate surface area is 161 Å². The van der Waals surface area contributed by atoms with Crippen molar-refractivity contribution in [3.05, 3.63) is 72.1 Å². The number of aliphatic hydroxyl groups is 1. The average molecular weight is 372 g/mol. The van der Waals surface area contributed by atoms with Crippen molar-refractivity contribution in [2.75, 3.05) is 13.1 Å². The number of H-pyrrole nitrogens is 1. The van der Waals surface area contributed by atoms with E-state index in [0.717, 1.165) is 27.4 Å². The van der Waals surface area contributed by atoms with Crippen LogP contribution < -0.4 is 0 Å². The molecule has 0 unspecified atom stereocenters. The molecular weight excluding hydrogens is 352 g/mol. The zero-order chi connectivity index (χ0) is 19.1. The summed E-state index contributed by atoms with van der Waals surface area (Å²) in [5.41, 5.74) is 3.35. The second-order valence-electron chi connectivity index (χ2n) is 7.35. The molecule has 4 aromatic rings. The quantitative estimate of drug-likeness (QED) is 0.579. The molecule has 2 aromatic heterocycles. The molecule has 2 N–H and O–H groups in total. The van der Waals surface area contributed by atoms with Gasteiger partial charge in [0.05, 0.1) is 17.1 Å². The molecule has 0 saturated carbocycles. The van der Waals surface area contributed by atoms with Gasteiger partial charge in [-0.05, 0) is 30.2 Å². The monoisotopic (exact) mass is 372 g/mol. The van der Waals surface area contributed by atoms with E-state index < -0.39 is 6.10 Å². The highest BCUT2D eigenvalue weighted by molar-refractivity contribution is 6.04. The SMILES string of the molecule is O=C(c1n[nH]c2ccccc12)N1C[C@@H](Cc2ccnc3ccccc23)[C@@H](O)C1. The zero-order valence-corrected chi connectivity index (χ0v) is 15.2. The molecule has 1 amide bonds. The highest BCUT2D eigenvalue weighted by atomic mass is 16.3. The lowest BCUT2D eigenvalue weighted by molar-refractivity contribution is 0.0760. The number of pyridine rings is 1. The molecule has 0 radical (unpaired) electrons. The summed E-state index contributed by atoms with van der Waals surface area (Å²) in [6, 6.07) is 17.6. The summed E-state index contributed by atoms with van der Waals surface area (Å²) in [4.78, 5) is 19.1. The van der Waals surface area contributed by atoms with Crippen molar-refractivity contribution in [1.82, 2.24) is 20.1 Å². The Morgan fingerprint density at radius 3 is 2.75 bits per heavy atom. The number of carbonyl (C=O) groups is 1. The lowest BCUT2D eigenvalue weighted by atomic mass is 9.94. The first kappa shape index (κ1) is 16.9. The molecule has 6 heteroatoms. The summed E-state index contributed by atoms with van der Waals surface area (Å²) in [7, 11) is 0. The number of nitrogens with one attached hydrogen (secondary N) is 1. The maximum absolute atomic E-state index is 13.0. The third-order valence-corrected chi connectivity index (χ3v) is 5.59. The van der Waals surface area contributed by atoms with Gasteiger partial charge in [0, 0.05) is 36.0 Å². The number of hydrogen-bond donors (Lipinski definition) is 2. The molecule has 1 aliphatic heterocycles. The summed E-state index contributed by atoms with van der Waals surface area (Å²) >= 11 is 0. The van der Waals surface area contributed by atoms with Gasteiger partial charge in [0.25, 0.3) is 5.91 Å². The number of aromatic amines is 1. The van der Waals surface area contributed by atoms with E-state index in [0.29, 0.717) is 25.2 Å². The molecular formula is C22H20N4O2. The van der Waals surface area contributed by atoms with E-state index in [1.165, 1.54) is 0 Å². The van der Waals surface area contributed by atoms with Gasteiger partial charge in [-0.2, -0.15) is 5.10 Å². The first-order chi connectivity index (χ1) is 13.7. The van der Waals surface area contributed by atoms with Crippen LogP contribution in [0.5, 0.6) is 0 Å². The largest absolute Gasteiger partial charge is 0.391 e. The lowest BCUT2D eigenvalue weighted by Gasteiger charge is -2.16. The Kier molecular flexibility index (Phi) is 4.06. The summed E-state index contributed by atoms with van der Waals surface area (Å²) in [5, 5.41) is 19.6. The van der Waals surface area contributed by atoms with E-state index in [9.17, 15) is 9.90 Å². The highest BCUT2D eigenvalue weighted by Crippen LogP contribution is 2.27. The van der Waals surface area contributed by atoms with Crippen molar-refractivity contribution < 1.29 is 9.90 Å². The molecule has 5 rings (SSSR count). The van der Waals surface area contributed by atoms with E-state index in [1.54, 1.807) is 11.1 Å². The molecule has 1 fully saturated rings. The van der Waals surface area contributed by atoms with Gasteiger partial charge in [-0.25, -0.2) is 0 Å². The predicted molar refractivity (Wildman–Crippen MR) is 107 cm³/mol. The average Bonchev–Trinajstić information content (AvgIpc) is 3.32. The van der Waals surface area contributed by atoms with Crippen LogP contribution in [-0.2, 0) is 6.42 Å². The molecule has 1 saturated heterocycles. The third-order valence-electron chi connectivity index (χ3n) is 5.59. The van der Waals surface area contributed by atoms with Crippen LogP contribution in [0.1, 0.15) is 16.1 Å². The zero-order valence-electron chi connectivity index (χ0n) is 15.2. The van der Waals surface area contributed by atoms with E-state index in [-0.39, 0.29) is 11.8 Å². The van der Waals surface area contributed by atoms with Gasteiger partial charge in [0.2, 0.25) is 0 Å². The number of likely N-dealkylation sites (tertiary alicyclic amines) is 1. The summed E-state index contributed by atoms with van der Waals surface area (Å²) < 4.78 is 0. The molecule has 0 bridgehead atoms. The molecule has 0 aliphatic carbocycles. The number of carbonyl (C=O) groups excluding carboxylic acids is 1. The summed E-state index contributed by atoms with van der Waals surface area (Å²) in [6.07, 6.45) is 1.95. The van der Waals surface area contributed by atoms with Crippen molar-refractivity contribution in [3.63, 3.8) is 0 Å². The Morgan fingerprint density at radius 1 is 1.07 bits per heavy atom. The number of nitrogens with zero attached hydrogens (tertiary/aromatic N) is 3. The van der Waals surface area contributed by atoms with Crippen LogP contribution in [0.15, 0.2) is 60.8 Å². The van der Waals surface area contributed by atoms with Gasteiger partial charge >= 0.3 is 0 Å². The Hall–Kier alpha value is -3.25. The minimum Gasteiger partial charge on any atom is -0.391 e. The molecule has 140 valence electrons. The number of rotatable bonds is 3. The first-order valence-corrected chi connectivity index (χ1v) is 9.44. The number of amides is 1. The number of β-amino-alcohol motifs (C(OH)–C–C–N with tert-alkyl or cyclic N) is 1. The Bertz CT molecular complexity index is 1160. The normalized spacial score (nSPS) is 19.5. The summed E-state index contributed by atoms with van der Waals surface area (Å²) in [6.45, 7) is 0.839. The molecule has 3 heterocycles. The van der Waals surface area contributed by atoms with Crippen molar-refractivity contribution in [3.8, 4) is 0 Å². The van der Waals surface area contributed by atoms with Crippen molar-refractivity contribution in [2.45, 2.75) is 12.5 Å². The van der Waals surface area contributed by atoms with Crippen LogP contribution in [0.3, 0.4) is 0 Å². The molecule has 0 spiro atoms. The van der Waals surface area contributed by atoms with Gasteiger partial charge in [-0.15, -0.1) is 0 Å². The highest BCUT2D eigenvalue weighted by Gasteiger charge is 2.35. The second-order valence-corrected chi connectivity index (χ2v) is 7.35. The standard InChI is InChI=1S/C22H20N4O2/c27-20-13-26(22(28)21-17-6-2-4-8-19(17)24-25-21)12-15(20)11-14-9-10-23-18-7-3-1-5-16(14)18/h1-10,15,20,27H,11-13H2,(H,24,25)/t15-,20+/m1/s1. The van der Waals surface area contributed by atoms with Gasteiger partial charge < -0.3 is 10.0 Å². The topological polar surface area (TPSA) is 82.1 Å². The number of para-hydroxylation sites is 2. The van der Waals surface area contributed by atoms with Crippen LogP contribution in [0.4, 0.5) is 0 Å². The minimum atomic E-state index is -0.555. The fraction of sp³-hybridized carbons (Fsp3) is 0.227. The lowest BCUT2D eigenvalue weighted by Crippen LogP contribution is -2.30. The number of benzene rings is 2. The van der Waals surface area contributed by atoms with Crippen molar-refractivity contribution in [2.24, 2.45) is 5.92 Å². The van der Waals surface area contributed by atoms with E-state index in [1.807, 2.05) is 48.5 Å². The van der Waals surface area contributed by atoms with Crippen LogP contribution >= 0.6 is 0 Å². The number of aromatic nitrogens is 3. The summed E-state index contributed by atoms with van der Waals surface area (Å²) in [5.74, 6) is -0.154. The first-order valence-electron chi connectivity index (χ1n) is 9.44. The minimum absolute atomic E-state index is 0.0139. The van der Waals surface area contributed by atoms with Crippen LogP contribution in [-0.4, -0.2) is 50.3 Å². The molecule has 2 atom stereocenters. The van der Waals surface area contributed by atoms with E-state index in [4.69, 9.17) is 0 Å².